The summed E-state index contributed by atoms with van der Waals surface area (Å²) in [6.45, 7) is 0.500. The van der Waals surface area contributed by atoms with Gasteiger partial charge in [-0.2, -0.15) is 4.80 Å². The second kappa shape index (κ2) is 5.84. The molecule has 0 spiro atoms. The molecule has 0 N–H and O–H groups in total. The fourth-order valence-electron chi connectivity index (χ4n) is 1.84. The van der Waals surface area contributed by atoms with Crippen LogP contribution in [0, 0.1) is 0 Å². The van der Waals surface area contributed by atoms with Crippen LogP contribution >= 0.6 is 11.3 Å². The molecule has 0 aliphatic carbocycles. The first-order chi connectivity index (χ1) is 10.3. The highest BCUT2D eigenvalue weighted by Crippen LogP contribution is 2.19. The average molecular weight is 300 g/mol. The molecule has 0 aliphatic heterocycles. The zero-order valence-electron chi connectivity index (χ0n) is 11.3. The number of rotatable bonds is 4. The molecule has 0 aliphatic rings. The number of esters is 1. The van der Waals surface area contributed by atoms with E-state index in [0.29, 0.717) is 17.9 Å². The lowest BCUT2D eigenvalue weighted by Crippen LogP contribution is -2.05. The maximum Gasteiger partial charge on any atom is 0.337 e. The Bertz CT molecular complexity index is 735. The molecule has 0 radical (unpaired) electrons. The van der Waals surface area contributed by atoms with Crippen molar-refractivity contribution in [1.82, 2.24) is 20.2 Å². The van der Waals surface area contributed by atoms with Crippen LogP contribution in [-0.2, 0) is 11.3 Å². The zero-order chi connectivity index (χ0) is 14.7. The van der Waals surface area contributed by atoms with E-state index in [1.165, 1.54) is 11.9 Å². The quantitative estimate of drug-likeness (QED) is 0.691. The summed E-state index contributed by atoms with van der Waals surface area (Å²) in [6, 6.07) is 11.0. The van der Waals surface area contributed by atoms with Gasteiger partial charge in [-0.05, 0) is 34.4 Å². The number of hydrogen-bond acceptors (Lipinski definition) is 6. The monoisotopic (exact) mass is 300 g/mol. The summed E-state index contributed by atoms with van der Waals surface area (Å²) >= 11 is 1.57. The molecule has 0 bridgehead atoms. The van der Waals surface area contributed by atoms with Gasteiger partial charge < -0.3 is 4.74 Å². The molecule has 2 heterocycles. The van der Waals surface area contributed by atoms with Crippen molar-refractivity contribution in [2.75, 3.05) is 7.11 Å². The average Bonchev–Trinajstić information content (AvgIpc) is 3.18. The van der Waals surface area contributed by atoms with E-state index >= 15 is 0 Å². The Labute approximate surface area is 125 Å². The van der Waals surface area contributed by atoms with Crippen LogP contribution in [0.3, 0.4) is 0 Å². The van der Waals surface area contributed by atoms with Gasteiger partial charge >= 0.3 is 5.97 Å². The molecule has 0 amide bonds. The van der Waals surface area contributed by atoms with Gasteiger partial charge in [0.2, 0.25) is 5.82 Å². The van der Waals surface area contributed by atoms with Gasteiger partial charge in [0, 0.05) is 0 Å². The molecular formula is C14H12N4O2S. The van der Waals surface area contributed by atoms with Gasteiger partial charge in [0.05, 0.1) is 24.1 Å². The standard InChI is InChI=1S/C14H12N4O2S/c1-20-14(19)11-6-4-10(5-7-11)9-18-16-13(15-17-18)12-3-2-8-21-12/h2-8H,9H2,1H3. The van der Waals surface area contributed by atoms with Crippen LogP contribution in [-0.4, -0.2) is 33.3 Å². The van der Waals surface area contributed by atoms with Gasteiger partial charge in [0.25, 0.3) is 0 Å². The topological polar surface area (TPSA) is 69.9 Å². The third-order valence-corrected chi connectivity index (χ3v) is 3.76. The summed E-state index contributed by atoms with van der Waals surface area (Å²) < 4.78 is 4.66. The number of methoxy groups -OCH3 is 1. The highest BCUT2D eigenvalue weighted by Gasteiger charge is 2.08. The van der Waals surface area contributed by atoms with Gasteiger partial charge in [0.1, 0.15) is 0 Å². The van der Waals surface area contributed by atoms with Crippen LogP contribution in [0.1, 0.15) is 15.9 Å². The Hall–Kier alpha value is -2.54. The van der Waals surface area contributed by atoms with Crippen LogP contribution in [0.5, 0.6) is 0 Å². The van der Waals surface area contributed by atoms with Crippen molar-refractivity contribution >= 4 is 17.3 Å². The van der Waals surface area contributed by atoms with E-state index in [1.807, 2.05) is 29.6 Å². The molecule has 6 nitrogen and oxygen atoms in total. The summed E-state index contributed by atoms with van der Waals surface area (Å²) in [6.07, 6.45) is 0. The minimum absolute atomic E-state index is 0.347. The Morgan fingerprint density at radius 1 is 1.29 bits per heavy atom. The first-order valence-electron chi connectivity index (χ1n) is 6.25. The van der Waals surface area contributed by atoms with E-state index < -0.39 is 0 Å². The van der Waals surface area contributed by atoms with Crippen LogP contribution in [0.4, 0.5) is 0 Å². The van der Waals surface area contributed by atoms with Crippen molar-refractivity contribution < 1.29 is 9.53 Å². The number of carbonyl (C=O) groups excluding carboxylic acids is 1. The van der Waals surface area contributed by atoms with Crippen LogP contribution in [0.15, 0.2) is 41.8 Å². The fraction of sp³-hybridized carbons (Fsp3) is 0.143. The molecule has 0 fully saturated rings. The normalized spacial score (nSPS) is 10.5. The van der Waals surface area contributed by atoms with Gasteiger partial charge in [-0.25, -0.2) is 4.79 Å². The van der Waals surface area contributed by atoms with E-state index in [0.717, 1.165) is 10.4 Å². The maximum atomic E-state index is 11.4. The predicted octanol–water partition coefficient (Wildman–Crippen LogP) is 2.24. The summed E-state index contributed by atoms with van der Waals surface area (Å²) in [5.41, 5.74) is 1.50. The molecule has 0 atom stereocenters. The van der Waals surface area contributed by atoms with Gasteiger partial charge in [-0.3, -0.25) is 0 Å². The van der Waals surface area contributed by atoms with Crippen molar-refractivity contribution in [1.29, 1.82) is 0 Å². The van der Waals surface area contributed by atoms with E-state index in [2.05, 4.69) is 20.1 Å². The molecule has 106 valence electrons. The smallest absolute Gasteiger partial charge is 0.337 e. The van der Waals surface area contributed by atoms with E-state index in [9.17, 15) is 4.79 Å². The zero-order valence-corrected chi connectivity index (χ0v) is 12.1. The first kappa shape index (κ1) is 13.4. The largest absolute Gasteiger partial charge is 0.465 e. The number of nitrogens with zero attached hydrogens (tertiary/aromatic N) is 4. The van der Waals surface area contributed by atoms with E-state index in [1.54, 1.807) is 23.5 Å². The first-order valence-corrected chi connectivity index (χ1v) is 7.13. The summed E-state index contributed by atoms with van der Waals surface area (Å²) in [5.74, 6) is 0.275. The molecule has 0 unspecified atom stereocenters. The number of hydrogen-bond donors (Lipinski definition) is 0. The highest BCUT2D eigenvalue weighted by atomic mass is 32.1. The lowest BCUT2D eigenvalue weighted by atomic mass is 10.1. The number of ether oxygens (including phenoxy) is 1. The van der Waals surface area contributed by atoms with E-state index in [-0.39, 0.29) is 5.97 Å². The molecule has 3 rings (SSSR count). The molecular weight excluding hydrogens is 288 g/mol. The summed E-state index contributed by atoms with van der Waals surface area (Å²) in [4.78, 5) is 13.9. The van der Waals surface area contributed by atoms with Crippen molar-refractivity contribution in [3.05, 3.63) is 52.9 Å². The molecule has 0 saturated heterocycles. The molecule has 3 aromatic rings. The second-order valence-electron chi connectivity index (χ2n) is 4.31. The maximum absolute atomic E-state index is 11.4. The third-order valence-electron chi connectivity index (χ3n) is 2.89. The molecule has 2 aromatic heterocycles. The minimum atomic E-state index is -0.347. The third kappa shape index (κ3) is 2.97. The predicted molar refractivity (Wildman–Crippen MR) is 78.0 cm³/mol. The van der Waals surface area contributed by atoms with Crippen molar-refractivity contribution in [3.8, 4) is 10.7 Å². The SMILES string of the molecule is COC(=O)c1ccc(Cn2nnc(-c3cccs3)n2)cc1. The second-order valence-corrected chi connectivity index (χ2v) is 5.26. The minimum Gasteiger partial charge on any atom is -0.465 e. The van der Waals surface area contributed by atoms with Gasteiger partial charge in [-0.15, -0.1) is 21.5 Å². The highest BCUT2D eigenvalue weighted by molar-refractivity contribution is 7.13. The van der Waals surface area contributed by atoms with Crippen LogP contribution in [0.2, 0.25) is 0 Å². The lowest BCUT2D eigenvalue weighted by molar-refractivity contribution is 0.0600. The van der Waals surface area contributed by atoms with Crippen molar-refractivity contribution in [2.24, 2.45) is 0 Å². The number of tetrazole rings is 1. The molecule has 7 heteroatoms. The van der Waals surface area contributed by atoms with Gasteiger partial charge in [0.15, 0.2) is 0 Å². The Kier molecular flexibility index (Phi) is 3.74. The van der Waals surface area contributed by atoms with Crippen molar-refractivity contribution in [2.45, 2.75) is 6.54 Å². The number of benzene rings is 1. The summed E-state index contributed by atoms with van der Waals surface area (Å²) in [7, 11) is 1.36. The lowest BCUT2D eigenvalue weighted by Gasteiger charge is -2.02. The van der Waals surface area contributed by atoms with Crippen LogP contribution < -0.4 is 0 Å². The molecule has 21 heavy (non-hydrogen) atoms. The number of aromatic nitrogens is 4. The van der Waals surface area contributed by atoms with Crippen molar-refractivity contribution in [3.63, 3.8) is 0 Å². The Morgan fingerprint density at radius 2 is 2.10 bits per heavy atom. The summed E-state index contributed by atoms with van der Waals surface area (Å²) in [5, 5.41) is 14.4. The Balaban J connectivity index is 1.73. The van der Waals surface area contributed by atoms with E-state index in [4.69, 9.17) is 0 Å². The Morgan fingerprint density at radius 3 is 2.76 bits per heavy atom. The number of carbonyl (C=O) groups is 1. The fourth-order valence-corrected chi connectivity index (χ4v) is 2.49. The van der Waals surface area contributed by atoms with Crippen LogP contribution in [0.25, 0.3) is 10.7 Å². The van der Waals surface area contributed by atoms with Gasteiger partial charge in [-0.1, -0.05) is 18.2 Å². The molecule has 1 aromatic carbocycles. The number of thiophene rings is 1. The molecule has 0 saturated carbocycles.